The van der Waals surface area contributed by atoms with Crippen molar-refractivity contribution in [3.8, 4) is 5.75 Å². The normalized spacial score (nSPS) is 20.9. The summed E-state index contributed by atoms with van der Waals surface area (Å²) in [5.41, 5.74) is 2.37. The summed E-state index contributed by atoms with van der Waals surface area (Å²) >= 11 is 1.42. The van der Waals surface area contributed by atoms with E-state index in [0.717, 1.165) is 53.4 Å². The van der Waals surface area contributed by atoms with Crippen LogP contribution in [0.5, 0.6) is 5.75 Å². The highest BCUT2D eigenvalue weighted by Gasteiger charge is 2.26. The first-order valence-corrected chi connectivity index (χ1v) is 9.81. The lowest BCUT2D eigenvalue weighted by Gasteiger charge is -2.25. The van der Waals surface area contributed by atoms with Gasteiger partial charge in [-0.2, -0.15) is 0 Å². The number of piperidine rings is 1. The molecule has 26 heavy (non-hydrogen) atoms. The number of nitrogens with one attached hydrogen (secondary N) is 2. The third kappa shape index (κ3) is 2.40. The van der Waals surface area contributed by atoms with Gasteiger partial charge in [0, 0.05) is 33.6 Å². The van der Waals surface area contributed by atoms with Gasteiger partial charge in [-0.15, -0.1) is 11.3 Å². The van der Waals surface area contributed by atoms with E-state index in [1.54, 1.807) is 12.1 Å². The number of rotatable bonds is 2. The summed E-state index contributed by atoms with van der Waals surface area (Å²) in [6, 6.07) is 5.54. The molecule has 5 rings (SSSR count). The monoisotopic (exact) mass is 365 g/mol. The Hall–Kier alpha value is -2.44. The van der Waals surface area contributed by atoms with E-state index in [9.17, 15) is 9.90 Å². The van der Waals surface area contributed by atoms with Crippen LogP contribution < -0.4 is 10.9 Å². The molecule has 1 fully saturated rings. The average Bonchev–Trinajstić information content (AvgIpc) is 3.33. The van der Waals surface area contributed by atoms with Crippen LogP contribution in [-0.2, 0) is 0 Å². The molecular formula is C20H19N3O2S. The number of thiophene rings is 1. The highest BCUT2D eigenvalue weighted by Crippen LogP contribution is 2.38. The summed E-state index contributed by atoms with van der Waals surface area (Å²) in [6.07, 6.45) is 6.29. The van der Waals surface area contributed by atoms with Crippen molar-refractivity contribution in [1.82, 2.24) is 10.3 Å². The van der Waals surface area contributed by atoms with Crippen LogP contribution in [0.4, 0.5) is 0 Å². The van der Waals surface area contributed by atoms with Crippen LogP contribution in [0.25, 0.3) is 26.6 Å². The molecule has 1 unspecified atom stereocenters. The maximum Gasteiger partial charge on any atom is 0.266 e. The van der Waals surface area contributed by atoms with E-state index in [4.69, 9.17) is 4.99 Å². The molecule has 1 saturated heterocycles. The number of aliphatic imine (C=N–C) groups is 1. The first-order valence-electron chi connectivity index (χ1n) is 8.93. The smallest absolute Gasteiger partial charge is 0.266 e. The molecule has 1 atom stereocenters. The minimum absolute atomic E-state index is 0.0826. The number of pyridine rings is 1. The molecule has 4 heterocycles. The Morgan fingerprint density at radius 3 is 2.88 bits per heavy atom. The van der Waals surface area contributed by atoms with E-state index < -0.39 is 0 Å². The zero-order chi connectivity index (χ0) is 17.7. The minimum atomic E-state index is -0.0826. The topological polar surface area (TPSA) is 77.5 Å². The van der Waals surface area contributed by atoms with E-state index in [-0.39, 0.29) is 17.4 Å². The zero-order valence-electron chi connectivity index (χ0n) is 14.2. The molecule has 6 heteroatoms. The predicted octanol–water partition coefficient (Wildman–Crippen LogP) is 3.28. The lowest BCUT2D eigenvalue weighted by Crippen LogP contribution is -2.32. The summed E-state index contributed by atoms with van der Waals surface area (Å²) in [6.45, 7) is 2.08. The Morgan fingerprint density at radius 1 is 1.19 bits per heavy atom. The van der Waals surface area contributed by atoms with Gasteiger partial charge in [0.25, 0.3) is 5.56 Å². The Bertz CT molecular complexity index is 1120. The number of allylic oxidation sites excluding steroid dienone is 1. The Kier molecular flexibility index (Phi) is 3.69. The summed E-state index contributed by atoms with van der Waals surface area (Å²) in [5, 5.41) is 17.7. The Labute approximate surface area is 154 Å². The lowest BCUT2D eigenvalue weighted by molar-refractivity contribution is 0.350. The molecule has 0 saturated carbocycles. The van der Waals surface area contributed by atoms with E-state index in [2.05, 4.69) is 16.4 Å². The number of H-pyrrole nitrogens is 1. The molecular weight excluding hydrogens is 346 g/mol. The SMILES string of the molecule is O=c1[nH]c2ccc(O)c(C3=CC(C4CCNCC4)N=C3)c2c2ccsc12. The number of hydrogen-bond donors (Lipinski definition) is 3. The summed E-state index contributed by atoms with van der Waals surface area (Å²) < 4.78 is 0.690. The molecule has 2 aliphatic rings. The van der Waals surface area contributed by atoms with Gasteiger partial charge < -0.3 is 15.4 Å². The average molecular weight is 365 g/mol. The van der Waals surface area contributed by atoms with Crippen molar-refractivity contribution in [3.63, 3.8) is 0 Å². The fourth-order valence-electron chi connectivity index (χ4n) is 4.16. The minimum Gasteiger partial charge on any atom is -0.507 e. The van der Waals surface area contributed by atoms with E-state index >= 15 is 0 Å². The van der Waals surface area contributed by atoms with Crippen molar-refractivity contribution in [2.75, 3.05) is 13.1 Å². The molecule has 0 bridgehead atoms. The second-order valence-corrected chi connectivity index (χ2v) is 7.89. The largest absolute Gasteiger partial charge is 0.507 e. The van der Waals surface area contributed by atoms with Crippen molar-refractivity contribution in [2.24, 2.45) is 10.9 Å². The quantitative estimate of drug-likeness (QED) is 0.652. The van der Waals surface area contributed by atoms with Gasteiger partial charge in [-0.1, -0.05) is 6.08 Å². The van der Waals surface area contributed by atoms with Gasteiger partial charge in [0.2, 0.25) is 0 Å². The Balaban J connectivity index is 1.69. The maximum absolute atomic E-state index is 12.3. The van der Waals surface area contributed by atoms with Crippen molar-refractivity contribution < 1.29 is 5.11 Å². The molecule has 132 valence electrons. The van der Waals surface area contributed by atoms with Crippen molar-refractivity contribution in [2.45, 2.75) is 18.9 Å². The predicted molar refractivity (Wildman–Crippen MR) is 107 cm³/mol. The van der Waals surface area contributed by atoms with Gasteiger partial charge in [-0.3, -0.25) is 9.79 Å². The van der Waals surface area contributed by atoms with E-state index in [1.165, 1.54) is 11.3 Å². The third-order valence-electron chi connectivity index (χ3n) is 5.46. The number of nitrogens with zero attached hydrogens (tertiary/aromatic N) is 1. The molecule has 2 aliphatic heterocycles. The van der Waals surface area contributed by atoms with Crippen LogP contribution >= 0.6 is 11.3 Å². The highest BCUT2D eigenvalue weighted by atomic mass is 32.1. The van der Waals surface area contributed by atoms with Crippen LogP contribution in [0, 0.1) is 5.92 Å². The molecule has 3 N–H and O–H groups in total. The number of benzene rings is 1. The first-order chi connectivity index (χ1) is 12.7. The van der Waals surface area contributed by atoms with Crippen molar-refractivity contribution >= 4 is 44.1 Å². The highest BCUT2D eigenvalue weighted by molar-refractivity contribution is 7.17. The van der Waals surface area contributed by atoms with Crippen LogP contribution in [-0.4, -0.2) is 35.4 Å². The van der Waals surface area contributed by atoms with Crippen LogP contribution in [0.3, 0.4) is 0 Å². The number of aromatic amines is 1. The standard InChI is InChI=1S/C20H19N3O2S/c24-16-2-1-14-18(13-5-8-26-19(13)20(25)23-14)17(16)12-9-15(22-10-12)11-3-6-21-7-4-11/h1-2,5,8-11,15,21,24H,3-4,6-7H2,(H,23,25). The molecule has 0 radical (unpaired) electrons. The van der Waals surface area contributed by atoms with Gasteiger partial charge in [0.1, 0.15) is 10.4 Å². The van der Waals surface area contributed by atoms with Gasteiger partial charge in [-0.05, 0) is 55.4 Å². The summed E-state index contributed by atoms with van der Waals surface area (Å²) in [5.74, 6) is 0.767. The van der Waals surface area contributed by atoms with E-state index in [0.29, 0.717) is 10.6 Å². The van der Waals surface area contributed by atoms with Crippen molar-refractivity contribution in [3.05, 3.63) is 45.6 Å². The first kappa shape index (κ1) is 15.8. The molecule has 0 aliphatic carbocycles. The molecule has 0 spiro atoms. The molecule has 3 aromatic rings. The molecule has 0 amide bonds. The van der Waals surface area contributed by atoms with Gasteiger partial charge >= 0.3 is 0 Å². The molecule has 2 aromatic heterocycles. The number of aromatic hydroxyl groups is 1. The molecule has 1 aromatic carbocycles. The number of phenols is 1. The number of phenolic OH excluding ortho intramolecular Hbond substituents is 1. The van der Waals surface area contributed by atoms with Crippen LogP contribution in [0.15, 0.2) is 39.4 Å². The lowest BCUT2D eigenvalue weighted by atomic mass is 9.89. The summed E-state index contributed by atoms with van der Waals surface area (Å²) in [4.78, 5) is 19.9. The van der Waals surface area contributed by atoms with Crippen molar-refractivity contribution in [1.29, 1.82) is 0 Å². The summed E-state index contributed by atoms with van der Waals surface area (Å²) in [7, 11) is 0. The number of hydrogen-bond acceptors (Lipinski definition) is 5. The van der Waals surface area contributed by atoms with Gasteiger partial charge in [0.15, 0.2) is 0 Å². The number of aromatic nitrogens is 1. The maximum atomic E-state index is 12.3. The zero-order valence-corrected chi connectivity index (χ0v) is 15.0. The van der Waals surface area contributed by atoms with Gasteiger partial charge in [0.05, 0.1) is 6.04 Å². The molecule has 5 nitrogen and oxygen atoms in total. The van der Waals surface area contributed by atoms with Crippen LogP contribution in [0.2, 0.25) is 0 Å². The fraction of sp³-hybridized carbons (Fsp3) is 0.300. The fourth-order valence-corrected chi connectivity index (χ4v) is 4.95. The second kappa shape index (κ2) is 6.07. The Morgan fingerprint density at radius 2 is 2.04 bits per heavy atom. The van der Waals surface area contributed by atoms with E-state index in [1.807, 2.05) is 17.7 Å². The number of fused-ring (bicyclic) bond motifs is 3. The van der Waals surface area contributed by atoms with Crippen LogP contribution in [0.1, 0.15) is 18.4 Å². The third-order valence-corrected chi connectivity index (χ3v) is 6.38. The van der Waals surface area contributed by atoms with Gasteiger partial charge in [-0.25, -0.2) is 0 Å². The second-order valence-electron chi connectivity index (χ2n) is 6.98.